The second kappa shape index (κ2) is 4.37. The van der Waals surface area contributed by atoms with Crippen molar-refractivity contribution >= 4 is 21.8 Å². The number of rotatable bonds is 1. The first-order valence-electron chi connectivity index (χ1n) is 4.95. The summed E-state index contributed by atoms with van der Waals surface area (Å²) in [5.74, 6) is 0.366. The highest BCUT2D eigenvalue weighted by Gasteiger charge is 2.23. The summed E-state index contributed by atoms with van der Waals surface area (Å²) in [4.78, 5) is 13.8. The summed E-state index contributed by atoms with van der Waals surface area (Å²) < 4.78 is 5.83. The molecule has 2 rings (SSSR count). The van der Waals surface area contributed by atoms with Crippen molar-refractivity contribution in [1.82, 2.24) is 10.2 Å². The van der Waals surface area contributed by atoms with E-state index in [2.05, 4.69) is 28.2 Å². The third-order valence-electron chi connectivity index (χ3n) is 2.44. The number of amides is 1. The lowest BCUT2D eigenvalue weighted by Gasteiger charge is -2.31. The van der Waals surface area contributed by atoms with Crippen LogP contribution in [0.5, 0.6) is 0 Å². The molecule has 0 saturated carbocycles. The topological polar surface area (TPSA) is 45.5 Å². The molecule has 0 aromatic carbocycles. The molecule has 0 unspecified atom stereocenters. The molecule has 0 bridgehead atoms. The van der Waals surface area contributed by atoms with E-state index in [1.807, 2.05) is 4.90 Å². The lowest BCUT2D eigenvalue weighted by atomic mass is 10.2. The zero-order chi connectivity index (χ0) is 10.8. The third-order valence-corrected chi connectivity index (χ3v) is 2.87. The molecule has 0 radical (unpaired) electrons. The molecular weight excluding hydrogens is 260 g/mol. The summed E-state index contributed by atoms with van der Waals surface area (Å²) in [5, 5.41) is 3.29. The standard InChI is InChI=1S/C10H13BrN2O2/c1-7-6-13(5-4-12-7)10(14)8-2-3-9(11)15-8/h2-3,7,12H,4-6H2,1H3/t7-/m1/s1. The largest absolute Gasteiger partial charge is 0.444 e. The number of hydrogen-bond donors (Lipinski definition) is 1. The first-order valence-corrected chi connectivity index (χ1v) is 5.74. The van der Waals surface area contributed by atoms with E-state index in [-0.39, 0.29) is 5.91 Å². The van der Waals surface area contributed by atoms with E-state index >= 15 is 0 Å². The Bertz CT molecular complexity index is 364. The molecule has 1 fully saturated rings. The van der Waals surface area contributed by atoms with Crippen LogP contribution < -0.4 is 5.32 Å². The summed E-state index contributed by atoms with van der Waals surface area (Å²) in [6.45, 7) is 4.38. The summed E-state index contributed by atoms with van der Waals surface area (Å²) in [6.07, 6.45) is 0. The molecule has 1 atom stereocenters. The maximum Gasteiger partial charge on any atom is 0.289 e. The van der Waals surface area contributed by atoms with E-state index < -0.39 is 0 Å². The fourth-order valence-electron chi connectivity index (χ4n) is 1.70. The second-order valence-corrected chi connectivity index (χ2v) is 4.49. The number of carbonyl (C=O) groups excluding carboxylic acids is 1. The van der Waals surface area contributed by atoms with Crippen molar-refractivity contribution in [3.05, 3.63) is 22.6 Å². The lowest BCUT2D eigenvalue weighted by Crippen LogP contribution is -2.51. The van der Waals surface area contributed by atoms with Gasteiger partial charge in [-0.2, -0.15) is 0 Å². The van der Waals surface area contributed by atoms with Crippen LogP contribution in [0.3, 0.4) is 0 Å². The lowest BCUT2D eigenvalue weighted by molar-refractivity contribution is 0.0675. The average molecular weight is 273 g/mol. The van der Waals surface area contributed by atoms with Gasteiger partial charge in [0.05, 0.1) is 0 Å². The molecule has 1 aliphatic rings. The van der Waals surface area contributed by atoms with Crippen molar-refractivity contribution in [3.8, 4) is 0 Å². The maximum atomic E-state index is 11.9. The molecule has 1 aromatic heterocycles. The SMILES string of the molecule is C[C@@H]1CN(C(=O)c2ccc(Br)o2)CCN1. The Morgan fingerprint density at radius 2 is 2.47 bits per heavy atom. The minimum Gasteiger partial charge on any atom is -0.444 e. The van der Waals surface area contributed by atoms with Gasteiger partial charge in [-0.15, -0.1) is 0 Å². The quantitative estimate of drug-likeness (QED) is 0.843. The van der Waals surface area contributed by atoms with Gasteiger partial charge in [0, 0.05) is 25.7 Å². The van der Waals surface area contributed by atoms with Crippen LogP contribution in [0.1, 0.15) is 17.5 Å². The van der Waals surface area contributed by atoms with Gasteiger partial charge in [0.2, 0.25) is 0 Å². The number of carbonyl (C=O) groups is 1. The summed E-state index contributed by atoms with van der Waals surface area (Å²) in [7, 11) is 0. The van der Waals surface area contributed by atoms with Gasteiger partial charge in [-0.3, -0.25) is 4.79 Å². The van der Waals surface area contributed by atoms with Crippen LogP contribution in [0.4, 0.5) is 0 Å². The van der Waals surface area contributed by atoms with Crippen molar-refractivity contribution in [2.75, 3.05) is 19.6 Å². The number of piperazine rings is 1. The van der Waals surface area contributed by atoms with Crippen molar-refractivity contribution in [2.45, 2.75) is 13.0 Å². The predicted molar refractivity (Wildman–Crippen MR) is 59.8 cm³/mol. The Morgan fingerprint density at radius 3 is 3.07 bits per heavy atom. The minimum absolute atomic E-state index is 0.0333. The second-order valence-electron chi connectivity index (χ2n) is 3.71. The van der Waals surface area contributed by atoms with Crippen LogP contribution in [-0.2, 0) is 0 Å². The maximum absolute atomic E-state index is 11.9. The van der Waals surface area contributed by atoms with E-state index in [1.54, 1.807) is 12.1 Å². The highest BCUT2D eigenvalue weighted by molar-refractivity contribution is 9.10. The molecule has 1 aliphatic heterocycles. The number of halogens is 1. The Labute approximate surface area is 96.7 Å². The molecular formula is C10H13BrN2O2. The molecule has 4 nitrogen and oxygen atoms in total. The Hall–Kier alpha value is -0.810. The van der Waals surface area contributed by atoms with E-state index in [9.17, 15) is 4.79 Å². The normalized spacial score (nSPS) is 21.7. The Balaban J connectivity index is 2.07. The van der Waals surface area contributed by atoms with Crippen LogP contribution in [0, 0.1) is 0 Å². The van der Waals surface area contributed by atoms with Crippen LogP contribution in [0.2, 0.25) is 0 Å². The fraction of sp³-hybridized carbons (Fsp3) is 0.500. The molecule has 82 valence electrons. The van der Waals surface area contributed by atoms with Crippen molar-refractivity contribution in [3.63, 3.8) is 0 Å². The smallest absolute Gasteiger partial charge is 0.289 e. The molecule has 1 aromatic rings. The van der Waals surface area contributed by atoms with Gasteiger partial charge in [0.1, 0.15) is 0 Å². The summed E-state index contributed by atoms with van der Waals surface area (Å²) >= 11 is 3.19. The van der Waals surface area contributed by atoms with Gasteiger partial charge in [-0.05, 0) is 35.0 Å². The van der Waals surface area contributed by atoms with E-state index in [1.165, 1.54) is 0 Å². The predicted octanol–water partition coefficient (Wildman–Crippen LogP) is 1.48. The molecule has 0 aliphatic carbocycles. The molecule has 15 heavy (non-hydrogen) atoms. The molecule has 0 spiro atoms. The molecule has 1 N–H and O–H groups in total. The average Bonchev–Trinajstić information content (AvgIpc) is 2.64. The van der Waals surface area contributed by atoms with Gasteiger partial charge in [0.25, 0.3) is 5.91 Å². The van der Waals surface area contributed by atoms with Crippen LogP contribution in [-0.4, -0.2) is 36.5 Å². The van der Waals surface area contributed by atoms with Gasteiger partial charge in [-0.25, -0.2) is 0 Å². The van der Waals surface area contributed by atoms with Crippen molar-refractivity contribution < 1.29 is 9.21 Å². The molecule has 5 heteroatoms. The molecule has 1 saturated heterocycles. The zero-order valence-corrected chi connectivity index (χ0v) is 10.1. The van der Waals surface area contributed by atoms with Gasteiger partial charge >= 0.3 is 0 Å². The first-order chi connectivity index (χ1) is 7.16. The number of furan rings is 1. The van der Waals surface area contributed by atoms with Gasteiger partial charge in [0.15, 0.2) is 10.4 Å². The summed E-state index contributed by atoms with van der Waals surface area (Å²) in [5.41, 5.74) is 0. The van der Waals surface area contributed by atoms with E-state index in [0.29, 0.717) is 16.5 Å². The van der Waals surface area contributed by atoms with Crippen LogP contribution >= 0.6 is 15.9 Å². The Morgan fingerprint density at radius 1 is 1.67 bits per heavy atom. The first kappa shape index (κ1) is 10.7. The molecule has 1 amide bonds. The third kappa shape index (κ3) is 2.41. The highest BCUT2D eigenvalue weighted by Crippen LogP contribution is 2.16. The zero-order valence-electron chi connectivity index (χ0n) is 8.50. The van der Waals surface area contributed by atoms with E-state index in [4.69, 9.17) is 4.42 Å². The number of hydrogen-bond acceptors (Lipinski definition) is 3. The van der Waals surface area contributed by atoms with Gasteiger partial charge < -0.3 is 14.6 Å². The number of nitrogens with one attached hydrogen (secondary N) is 1. The van der Waals surface area contributed by atoms with Crippen LogP contribution in [0.15, 0.2) is 21.2 Å². The van der Waals surface area contributed by atoms with E-state index in [0.717, 1.165) is 19.6 Å². The molecule has 2 heterocycles. The Kier molecular flexibility index (Phi) is 3.11. The number of nitrogens with zero attached hydrogens (tertiary/aromatic N) is 1. The van der Waals surface area contributed by atoms with Crippen molar-refractivity contribution in [1.29, 1.82) is 0 Å². The van der Waals surface area contributed by atoms with Crippen LogP contribution in [0.25, 0.3) is 0 Å². The summed E-state index contributed by atoms with van der Waals surface area (Å²) in [6, 6.07) is 3.78. The van der Waals surface area contributed by atoms with Gasteiger partial charge in [-0.1, -0.05) is 0 Å². The minimum atomic E-state index is -0.0333. The monoisotopic (exact) mass is 272 g/mol. The highest BCUT2D eigenvalue weighted by atomic mass is 79.9. The van der Waals surface area contributed by atoms with Crippen molar-refractivity contribution in [2.24, 2.45) is 0 Å². The fourth-order valence-corrected chi connectivity index (χ4v) is 2.01.